The smallest absolute Gasteiger partial charge is 0.142 e. The fraction of sp³-hybridized carbons (Fsp3) is 0.0682. The van der Waals surface area contributed by atoms with E-state index >= 15 is 0 Å². The molecular formula is C44H33N3. The van der Waals surface area contributed by atoms with Gasteiger partial charge < -0.3 is 4.57 Å². The van der Waals surface area contributed by atoms with Crippen LogP contribution in [0.5, 0.6) is 0 Å². The monoisotopic (exact) mass is 603 g/mol. The Labute approximate surface area is 275 Å². The van der Waals surface area contributed by atoms with Crippen LogP contribution >= 0.6 is 0 Å². The number of anilines is 3. The minimum absolute atomic E-state index is 0.287. The highest BCUT2D eigenvalue weighted by Crippen LogP contribution is 2.54. The van der Waals surface area contributed by atoms with E-state index < -0.39 is 0 Å². The lowest BCUT2D eigenvalue weighted by atomic mass is 9.73. The Hall–Kier alpha value is -5.93. The Balaban J connectivity index is 1.27. The number of fused-ring (bicyclic) bond motifs is 6. The van der Waals surface area contributed by atoms with Gasteiger partial charge in [-0.05, 0) is 64.2 Å². The van der Waals surface area contributed by atoms with Crippen LogP contribution in [0.25, 0.3) is 49.7 Å². The van der Waals surface area contributed by atoms with E-state index in [2.05, 4.69) is 187 Å². The summed E-state index contributed by atoms with van der Waals surface area (Å²) in [5, 5.41) is 2.49. The maximum atomic E-state index is 5.33. The topological polar surface area (TPSA) is 21.1 Å². The number of rotatable bonds is 4. The molecule has 0 atom stereocenters. The van der Waals surface area contributed by atoms with Gasteiger partial charge in [0.2, 0.25) is 0 Å². The lowest BCUT2D eigenvalue weighted by molar-refractivity contribution is 0.634. The van der Waals surface area contributed by atoms with E-state index in [9.17, 15) is 0 Å². The summed E-state index contributed by atoms with van der Waals surface area (Å²) in [7, 11) is 0. The average Bonchev–Trinajstić information content (AvgIpc) is 3.47. The summed E-state index contributed by atoms with van der Waals surface area (Å²) in [5.41, 5.74) is 12.8. The number of para-hydroxylation sites is 2. The Morgan fingerprint density at radius 1 is 0.489 bits per heavy atom. The Morgan fingerprint density at radius 3 is 1.68 bits per heavy atom. The molecule has 0 saturated heterocycles. The van der Waals surface area contributed by atoms with E-state index in [4.69, 9.17) is 4.98 Å². The van der Waals surface area contributed by atoms with E-state index in [1.54, 1.807) is 0 Å². The molecule has 0 bridgehead atoms. The molecule has 0 saturated carbocycles. The van der Waals surface area contributed by atoms with E-state index in [0.29, 0.717) is 0 Å². The quantitative estimate of drug-likeness (QED) is 0.200. The molecule has 2 aromatic heterocycles. The summed E-state index contributed by atoms with van der Waals surface area (Å²) in [4.78, 5) is 7.68. The van der Waals surface area contributed by atoms with Crippen molar-refractivity contribution in [1.29, 1.82) is 0 Å². The normalized spacial score (nSPS) is 13.4. The molecule has 1 aliphatic heterocycles. The van der Waals surface area contributed by atoms with Crippen LogP contribution in [0.3, 0.4) is 0 Å². The maximum absolute atomic E-state index is 5.33. The molecule has 0 aliphatic carbocycles. The van der Waals surface area contributed by atoms with E-state index in [-0.39, 0.29) is 5.41 Å². The predicted octanol–water partition coefficient (Wildman–Crippen LogP) is 11.6. The summed E-state index contributed by atoms with van der Waals surface area (Å²) < 4.78 is 2.38. The molecule has 0 unspecified atom stereocenters. The molecule has 0 fully saturated rings. The van der Waals surface area contributed by atoms with Crippen molar-refractivity contribution in [2.45, 2.75) is 19.3 Å². The Bertz CT molecular complexity index is 2400. The molecular weight excluding hydrogens is 571 g/mol. The standard InChI is InChI=1S/C44H33N3/c1-44(2)37-18-10-12-20-39(37)47(35-27-23-33(24-28-35)31-15-7-4-8-16-31)43-42(44)41-36-17-9-11-19-38(36)46(40(41)29-45-43)34-25-21-32(22-26-34)30-13-5-3-6-14-30/h3-29H,1-2H3. The van der Waals surface area contributed by atoms with Crippen LogP contribution in [0.1, 0.15) is 25.0 Å². The van der Waals surface area contributed by atoms with Crippen molar-refractivity contribution in [3.8, 4) is 27.9 Å². The van der Waals surface area contributed by atoms with E-state index in [0.717, 1.165) is 22.7 Å². The predicted molar refractivity (Wildman–Crippen MR) is 196 cm³/mol. The third kappa shape index (κ3) is 4.24. The number of aromatic nitrogens is 2. The largest absolute Gasteiger partial charge is 0.308 e. The molecule has 3 heteroatoms. The van der Waals surface area contributed by atoms with E-state index in [1.165, 1.54) is 55.4 Å². The van der Waals surface area contributed by atoms with Crippen LogP contribution < -0.4 is 4.90 Å². The molecule has 9 rings (SSSR count). The summed E-state index contributed by atoms with van der Waals surface area (Å²) in [6.45, 7) is 4.70. The fourth-order valence-corrected chi connectivity index (χ4v) is 7.56. The van der Waals surface area contributed by atoms with Crippen LogP contribution in [0.4, 0.5) is 17.2 Å². The zero-order valence-corrected chi connectivity index (χ0v) is 26.4. The molecule has 3 heterocycles. The van der Waals surface area contributed by atoms with Gasteiger partial charge in [-0.2, -0.15) is 0 Å². The third-order valence-electron chi connectivity index (χ3n) is 9.81. The van der Waals surface area contributed by atoms with Gasteiger partial charge in [-0.1, -0.05) is 135 Å². The minimum atomic E-state index is -0.287. The molecule has 0 amide bonds. The average molecular weight is 604 g/mol. The Morgan fingerprint density at radius 2 is 1.02 bits per heavy atom. The van der Waals surface area contributed by atoms with Crippen molar-refractivity contribution in [3.05, 3.63) is 175 Å². The third-order valence-corrected chi connectivity index (χ3v) is 9.81. The van der Waals surface area contributed by atoms with Crippen LogP contribution in [-0.2, 0) is 5.41 Å². The van der Waals surface area contributed by atoms with Crippen LogP contribution in [0.2, 0.25) is 0 Å². The van der Waals surface area contributed by atoms with Crippen molar-refractivity contribution < 1.29 is 0 Å². The first-order valence-electron chi connectivity index (χ1n) is 16.2. The second-order valence-corrected chi connectivity index (χ2v) is 12.9. The summed E-state index contributed by atoms with van der Waals surface area (Å²) >= 11 is 0. The molecule has 8 aromatic rings. The molecule has 0 radical (unpaired) electrons. The zero-order chi connectivity index (χ0) is 31.5. The second-order valence-electron chi connectivity index (χ2n) is 12.9. The van der Waals surface area contributed by atoms with Gasteiger partial charge in [0.1, 0.15) is 5.82 Å². The fourth-order valence-electron chi connectivity index (χ4n) is 7.56. The van der Waals surface area contributed by atoms with Gasteiger partial charge in [-0.15, -0.1) is 0 Å². The van der Waals surface area contributed by atoms with E-state index in [1.807, 2.05) is 0 Å². The molecule has 47 heavy (non-hydrogen) atoms. The number of nitrogens with zero attached hydrogens (tertiary/aromatic N) is 3. The first-order chi connectivity index (χ1) is 23.1. The van der Waals surface area contributed by atoms with Crippen LogP contribution in [0.15, 0.2) is 164 Å². The number of pyridine rings is 1. The molecule has 1 aliphatic rings. The highest BCUT2D eigenvalue weighted by Gasteiger charge is 2.40. The highest BCUT2D eigenvalue weighted by molar-refractivity contribution is 6.13. The van der Waals surface area contributed by atoms with Gasteiger partial charge in [0.15, 0.2) is 0 Å². The maximum Gasteiger partial charge on any atom is 0.142 e. The lowest BCUT2D eigenvalue weighted by Crippen LogP contribution is -2.31. The Kier molecular flexibility index (Phi) is 6.16. The van der Waals surface area contributed by atoms with Crippen LogP contribution in [-0.4, -0.2) is 9.55 Å². The molecule has 0 N–H and O–H groups in total. The minimum Gasteiger partial charge on any atom is -0.308 e. The molecule has 0 spiro atoms. The van der Waals surface area contributed by atoms with Gasteiger partial charge in [0.25, 0.3) is 0 Å². The first kappa shape index (κ1) is 27.4. The highest BCUT2D eigenvalue weighted by atomic mass is 15.2. The first-order valence-corrected chi connectivity index (χ1v) is 16.2. The van der Waals surface area contributed by atoms with Gasteiger partial charge in [-0.3, -0.25) is 4.90 Å². The van der Waals surface area contributed by atoms with Crippen LogP contribution in [0, 0.1) is 0 Å². The van der Waals surface area contributed by atoms with Crippen molar-refractivity contribution in [2.24, 2.45) is 0 Å². The van der Waals surface area contributed by atoms with Gasteiger partial charge >= 0.3 is 0 Å². The second kappa shape index (κ2) is 10.6. The van der Waals surface area contributed by atoms with Gasteiger partial charge in [-0.25, -0.2) is 4.98 Å². The summed E-state index contributed by atoms with van der Waals surface area (Å²) in [6.07, 6.45) is 2.08. The van der Waals surface area contributed by atoms with Crippen molar-refractivity contribution in [1.82, 2.24) is 9.55 Å². The number of hydrogen-bond donors (Lipinski definition) is 0. The molecule has 224 valence electrons. The van der Waals surface area contributed by atoms with Crippen molar-refractivity contribution in [2.75, 3.05) is 4.90 Å². The lowest BCUT2D eigenvalue weighted by Gasteiger charge is -2.41. The SMILES string of the molecule is CC1(C)c2ccccc2N(c2ccc(-c3ccccc3)cc2)c2ncc3c(c21)c1ccccc1n3-c1ccc(-c2ccccc2)cc1. The summed E-state index contributed by atoms with van der Waals surface area (Å²) in [6, 6.07) is 56.5. The van der Waals surface area contributed by atoms with Gasteiger partial charge in [0.05, 0.1) is 22.9 Å². The van der Waals surface area contributed by atoms with Gasteiger partial charge in [0, 0.05) is 33.1 Å². The van der Waals surface area contributed by atoms with Crippen molar-refractivity contribution in [3.63, 3.8) is 0 Å². The van der Waals surface area contributed by atoms with Crippen molar-refractivity contribution >= 4 is 39.0 Å². The molecule has 6 aromatic carbocycles. The molecule has 3 nitrogen and oxygen atoms in total. The number of hydrogen-bond acceptors (Lipinski definition) is 2. The zero-order valence-electron chi connectivity index (χ0n) is 26.4. The summed E-state index contributed by atoms with van der Waals surface area (Å²) in [5.74, 6) is 0.982. The number of benzene rings is 6.